The van der Waals surface area contributed by atoms with Gasteiger partial charge in [-0.15, -0.1) is 0 Å². The molecule has 21 nitrogen and oxygen atoms in total. The van der Waals surface area contributed by atoms with E-state index in [1.54, 1.807) is 86.1 Å². The van der Waals surface area contributed by atoms with Crippen LogP contribution < -0.4 is 0 Å². The molecular formula is C68H61F9N18O3. The van der Waals surface area contributed by atoms with Crippen molar-refractivity contribution in [2.45, 2.75) is 146 Å². The van der Waals surface area contributed by atoms with Crippen LogP contribution in [0.25, 0.3) is 34.3 Å². The van der Waals surface area contributed by atoms with Gasteiger partial charge in [-0.1, -0.05) is 0 Å². The van der Waals surface area contributed by atoms with Gasteiger partial charge < -0.3 is 14.7 Å². The summed E-state index contributed by atoms with van der Waals surface area (Å²) < 4.78 is 115. The lowest BCUT2D eigenvalue weighted by Crippen LogP contribution is -2.37. The van der Waals surface area contributed by atoms with Gasteiger partial charge in [-0.25, -0.2) is 44.9 Å². The molecule has 6 aliphatic heterocycles. The minimum atomic E-state index is -4.51. The molecule has 15 rings (SSSR count). The summed E-state index contributed by atoms with van der Waals surface area (Å²) in [7, 11) is 0. The zero-order valence-electron chi connectivity index (χ0n) is 52.6. The molecule has 6 saturated heterocycles. The van der Waals surface area contributed by atoms with E-state index in [-0.39, 0.29) is 71.7 Å². The topological polar surface area (TPSA) is 254 Å². The van der Waals surface area contributed by atoms with Crippen molar-refractivity contribution in [1.29, 1.82) is 0 Å². The van der Waals surface area contributed by atoms with Gasteiger partial charge in [0.15, 0.2) is 34.6 Å². The molecule has 9 aromatic rings. The van der Waals surface area contributed by atoms with Gasteiger partial charge in [-0.3, -0.25) is 44.3 Å². The Morgan fingerprint density at radius 2 is 0.755 bits per heavy atom. The van der Waals surface area contributed by atoms with Gasteiger partial charge >= 0.3 is 18.5 Å². The summed E-state index contributed by atoms with van der Waals surface area (Å²) in [6, 6.07) is 12.5. The average molecular weight is 1350 g/mol. The molecule has 504 valence electrons. The van der Waals surface area contributed by atoms with E-state index in [0.29, 0.717) is 87.6 Å². The number of pyridine rings is 3. The number of hydrogen-bond donors (Lipinski definition) is 0. The molecule has 9 unspecified atom stereocenters. The number of hydrogen-bond acceptors (Lipinski definition) is 18. The zero-order chi connectivity index (χ0) is 68.6. The first-order valence-corrected chi connectivity index (χ1v) is 31.9. The highest BCUT2D eigenvalue weighted by molar-refractivity contribution is 6.01. The van der Waals surface area contributed by atoms with Crippen LogP contribution in [0.5, 0.6) is 0 Å². The van der Waals surface area contributed by atoms with Crippen LogP contribution in [0.15, 0.2) is 135 Å². The molecule has 0 aliphatic carbocycles. The van der Waals surface area contributed by atoms with Crippen LogP contribution in [-0.4, -0.2) is 143 Å². The summed E-state index contributed by atoms with van der Waals surface area (Å²) in [6.45, 7) is 3.78. The first kappa shape index (κ1) is 66.3. The smallest absolute Gasteiger partial charge is 0.332 e. The van der Waals surface area contributed by atoms with E-state index in [0.717, 1.165) is 87.5 Å². The Hall–Kier alpha value is -10.3. The number of fused-ring (bicyclic) bond motifs is 6. The largest absolute Gasteiger partial charge is 0.434 e. The fourth-order valence-electron chi connectivity index (χ4n) is 14.8. The molecular weight excluding hydrogens is 1290 g/mol. The number of alkyl halides is 9. The van der Waals surface area contributed by atoms with Crippen LogP contribution in [0.2, 0.25) is 0 Å². The van der Waals surface area contributed by atoms with E-state index >= 15 is 0 Å². The van der Waals surface area contributed by atoms with Crippen molar-refractivity contribution in [3.63, 3.8) is 0 Å². The van der Waals surface area contributed by atoms with Crippen LogP contribution in [0.1, 0.15) is 134 Å². The van der Waals surface area contributed by atoms with Gasteiger partial charge in [0.05, 0.1) is 52.4 Å². The van der Waals surface area contributed by atoms with Crippen molar-refractivity contribution in [2.24, 2.45) is 17.8 Å². The third-order valence-electron chi connectivity index (χ3n) is 19.0. The van der Waals surface area contributed by atoms with Gasteiger partial charge in [-0.2, -0.15) is 39.5 Å². The Balaban J connectivity index is 0.000000132. The Kier molecular flexibility index (Phi) is 18.5. The highest BCUT2D eigenvalue weighted by Crippen LogP contribution is 2.47. The second-order valence-corrected chi connectivity index (χ2v) is 25.2. The molecule has 0 aromatic carbocycles. The third kappa shape index (κ3) is 14.0. The van der Waals surface area contributed by atoms with E-state index in [9.17, 15) is 53.9 Å². The van der Waals surface area contributed by atoms with Crippen molar-refractivity contribution in [3.8, 4) is 34.3 Å². The predicted molar refractivity (Wildman–Crippen MR) is 331 cm³/mol. The number of amides is 3. The monoisotopic (exact) mass is 1350 g/mol. The van der Waals surface area contributed by atoms with Crippen LogP contribution in [0, 0.1) is 31.6 Å². The summed E-state index contributed by atoms with van der Waals surface area (Å²) in [6.07, 6.45) is 16.0. The van der Waals surface area contributed by atoms with E-state index in [1.807, 2.05) is 40.7 Å². The number of rotatable bonds is 12. The molecule has 0 saturated carbocycles. The van der Waals surface area contributed by atoms with E-state index in [2.05, 4.69) is 74.8 Å². The minimum absolute atomic E-state index is 0.00310. The fourth-order valence-corrected chi connectivity index (χ4v) is 14.8. The fraction of sp³-hybridized carbons (Fsp3) is 0.382. The lowest BCUT2D eigenvalue weighted by molar-refractivity contribution is -0.142. The second-order valence-electron chi connectivity index (χ2n) is 25.2. The Bertz CT molecular complexity index is 4340. The molecule has 0 radical (unpaired) electrons. The molecule has 9 atom stereocenters. The zero-order valence-corrected chi connectivity index (χ0v) is 52.6. The highest BCUT2D eigenvalue weighted by atomic mass is 19.4. The Morgan fingerprint density at radius 1 is 0.388 bits per heavy atom. The molecule has 3 amide bonds. The number of nitrogens with zero attached hydrogens (tertiary/aromatic N) is 18. The molecule has 6 bridgehead atoms. The quantitative estimate of drug-likeness (QED) is 0.103. The Morgan fingerprint density at radius 3 is 1.16 bits per heavy atom. The SMILES string of the molecule is Cc1cnc(-c2ncccn2)c(C(=O)N2C3CCC2C(Cc2cnc(C(F)(F)F)cn2)C3)c1.Cc1cnc(C(=O)N2C3CCC2C(Cc2cnc(C(F)(F)F)cn2)C3)c(-c2ncccn2)c1.O=C(c1ncccc1-c1ncccn1)N1C2CCC1C(Cc1cnc(C(F)(F)F)cn1)C2. The number of aryl methyl sites for hydroxylation is 2. The normalized spacial score (nSPS) is 22.2. The first-order chi connectivity index (χ1) is 47.0. The second kappa shape index (κ2) is 27.3. The minimum Gasteiger partial charge on any atom is -0.332 e. The van der Waals surface area contributed by atoms with Gasteiger partial charge in [-0.05, 0) is 162 Å². The average Bonchev–Trinajstić information content (AvgIpc) is 1.61. The van der Waals surface area contributed by atoms with Crippen LogP contribution in [0.3, 0.4) is 0 Å². The summed E-state index contributed by atoms with van der Waals surface area (Å²) >= 11 is 0. The summed E-state index contributed by atoms with van der Waals surface area (Å²) in [4.78, 5) is 108. The van der Waals surface area contributed by atoms with E-state index in [1.165, 1.54) is 18.6 Å². The lowest BCUT2D eigenvalue weighted by atomic mass is 9.86. The molecule has 30 heteroatoms. The van der Waals surface area contributed by atoms with Gasteiger partial charge in [0.25, 0.3) is 17.7 Å². The molecule has 15 heterocycles. The van der Waals surface area contributed by atoms with Crippen LogP contribution in [0.4, 0.5) is 39.5 Å². The maximum atomic E-state index is 13.7. The Labute approximate surface area is 554 Å². The first-order valence-electron chi connectivity index (χ1n) is 31.9. The molecule has 6 fully saturated rings. The standard InChI is InChI=1S/2C23H21F3N6O.C22H19F3N6O/c1-13-7-17(20(31-10-13)21-27-5-2-6-28-21)22(33)32-16-3-4-18(32)14(9-16)8-15-11-30-19(12-29-15)23(24,25)26;1-13-7-17(21-27-5-2-6-28-21)20(31-10-13)22(33)32-16-3-4-18(32)14(9-16)8-15-11-30-19(12-29-15)23(24,25)26;23-22(24,25)18-12-29-14(11-30-18)9-13-10-15-4-5-17(13)31(15)21(32)19-16(3-1-6-26-19)20-27-7-2-8-28-20/h2*2,5-7,10-12,14,16,18H,3-4,8-9H2,1H3;1-3,6-8,11-13,15,17H,4-5,9-10H2. The predicted octanol–water partition coefficient (Wildman–Crippen LogP) is 11.4. The molecule has 6 aliphatic rings. The lowest BCUT2D eigenvalue weighted by Gasteiger charge is -2.25. The molecule has 98 heavy (non-hydrogen) atoms. The highest BCUT2D eigenvalue weighted by Gasteiger charge is 2.52. The van der Waals surface area contributed by atoms with Gasteiger partial charge in [0, 0.05) is 111 Å². The van der Waals surface area contributed by atoms with Crippen LogP contribution in [-0.2, 0) is 37.8 Å². The van der Waals surface area contributed by atoms with Crippen molar-refractivity contribution >= 4 is 17.7 Å². The maximum Gasteiger partial charge on any atom is 0.434 e. The van der Waals surface area contributed by atoms with Crippen molar-refractivity contribution < 1.29 is 53.9 Å². The number of carbonyl (C=O) groups excluding carboxylic acids is 3. The van der Waals surface area contributed by atoms with Gasteiger partial charge in [0.1, 0.15) is 17.1 Å². The van der Waals surface area contributed by atoms with E-state index < -0.39 is 35.6 Å². The number of aromatic nitrogens is 15. The van der Waals surface area contributed by atoms with Gasteiger partial charge in [0.2, 0.25) is 0 Å². The van der Waals surface area contributed by atoms with Crippen molar-refractivity contribution in [2.75, 3.05) is 0 Å². The van der Waals surface area contributed by atoms with Crippen molar-refractivity contribution in [1.82, 2.24) is 89.5 Å². The number of carbonyl (C=O) groups is 3. The van der Waals surface area contributed by atoms with E-state index in [4.69, 9.17) is 0 Å². The molecule has 0 N–H and O–H groups in total. The van der Waals surface area contributed by atoms with Crippen molar-refractivity contribution in [3.05, 3.63) is 198 Å². The third-order valence-corrected chi connectivity index (χ3v) is 19.0. The maximum absolute atomic E-state index is 13.7. The summed E-state index contributed by atoms with van der Waals surface area (Å²) in [5, 5.41) is 0. The van der Waals surface area contributed by atoms with Crippen LogP contribution >= 0.6 is 0 Å². The number of halogens is 9. The summed E-state index contributed by atoms with van der Waals surface area (Å²) in [5.41, 5.74) is 2.97. The molecule has 9 aromatic heterocycles. The molecule has 0 spiro atoms. The summed E-state index contributed by atoms with van der Waals surface area (Å²) in [5.74, 6) is 1.18.